The molecule has 1 atom stereocenters. The van der Waals surface area contributed by atoms with Crippen molar-refractivity contribution in [2.24, 2.45) is 0 Å². The highest BCUT2D eigenvalue weighted by molar-refractivity contribution is 5.80. The van der Waals surface area contributed by atoms with Gasteiger partial charge >= 0.3 is 0 Å². The summed E-state index contributed by atoms with van der Waals surface area (Å²) in [6.07, 6.45) is 2.97. The maximum atomic E-state index is 11.0. The summed E-state index contributed by atoms with van der Waals surface area (Å²) in [5.41, 5.74) is 0. The molecule has 0 radical (unpaired) electrons. The van der Waals surface area contributed by atoms with Gasteiger partial charge in [0, 0.05) is 19.6 Å². The number of hydrogen-bond acceptors (Lipinski definition) is 3. The van der Waals surface area contributed by atoms with E-state index in [2.05, 4.69) is 5.32 Å². The molecule has 1 N–H and O–H groups in total. The number of ether oxygens (including phenoxy) is 1. The lowest BCUT2D eigenvalue weighted by molar-refractivity contribution is -0.123. The minimum Gasteiger partial charge on any atom is -0.377 e. The molecule has 0 bridgehead atoms. The van der Waals surface area contributed by atoms with Gasteiger partial charge in [0.2, 0.25) is 0 Å². The second-order valence-corrected chi connectivity index (χ2v) is 2.97. The Morgan fingerprint density at radius 1 is 1.73 bits per heavy atom. The minimum absolute atomic E-state index is 0.201. The predicted octanol–water partition coefficient (Wildman–Crippen LogP) is 0.344. The lowest BCUT2D eigenvalue weighted by Gasteiger charge is -2.07. The first-order chi connectivity index (χ1) is 5.33. The molecule has 0 aromatic heterocycles. The lowest BCUT2D eigenvalue weighted by atomic mass is 10.1. The van der Waals surface area contributed by atoms with E-state index in [4.69, 9.17) is 4.74 Å². The standard InChI is InChI=1S/C8H15NO2/c1-11-6-8(10)5-7-3-2-4-9-7/h7,9H,2-6H2,1H3. The molecule has 11 heavy (non-hydrogen) atoms. The first kappa shape index (κ1) is 8.68. The number of rotatable bonds is 4. The zero-order chi connectivity index (χ0) is 8.10. The predicted molar refractivity (Wildman–Crippen MR) is 42.5 cm³/mol. The summed E-state index contributed by atoms with van der Waals surface area (Å²) in [5.74, 6) is 0.201. The van der Waals surface area contributed by atoms with E-state index in [0.717, 1.165) is 13.0 Å². The Kier molecular flexibility index (Phi) is 3.52. The van der Waals surface area contributed by atoms with Crippen LogP contribution in [0.25, 0.3) is 0 Å². The zero-order valence-electron chi connectivity index (χ0n) is 6.93. The van der Waals surface area contributed by atoms with Gasteiger partial charge in [0.05, 0.1) is 0 Å². The molecule has 1 aliphatic heterocycles. The Hall–Kier alpha value is -0.410. The SMILES string of the molecule is COCC(=O)CC1CCCN1. The van der Waals surface area contributed by atoms with E-state index in [9.17, 15) is 4.79 Å². The van der Waals surface area contributed by atoms with Gasteiger partial charge in [-0.1, -0.05) is 0 Å². The largest absolute Gasteiger partial charge is 0.377 e. The number of hydrogen-bond donors (Lipinski definition) is 1. The number of nitrogens with one attached hydrogen (secondary N) is 1. The van der Waals surface area contributed by atoms with Crippen molar-refractivity contribution in [2.45, 2.75) is 25.3 Å². The van der Waals surface area contributed by atoms with Gasteiger partial charge in [-0.2, -0.15) is 0 Å². The Balaban J connectivity index is 2.13. The molecule has 1 fully saturated rings. The van der Waals surface area contributed by atoms with E-state index < -0.39 is 0 Å². The van der Waals surface area contributed by atoms with Crippen molar-refractivity contribution in [3.05, 3.63) is 0 Å². The Bertz CT molecular complexity index is 130. The van der Waals surface area contributed by atoms with Gasteiger partial charge in [-0.15, -0.1) is 0 Å². The van der Waals surface area contributed by atoms with Crippen LogP contribution in [-0.4, -0.2) is 32.1 Å². The summed E-state index contributed by atoms with van der Waals surface area (Å²) < 4.78 is 4.74. The number of methoxy groups -OCH3 is 1. The highest BCUT2D eigenvalue weighted by Gasteiger charge is 2.16. The summed E-state index contributed by atoms with van der Waals surface area (Å²) >= 11 is 0. The van der Waals surface area contributed by atoms with E-state index in [0.29, 0.717) is 12.5 Å². The van der Waals surface area contributed by atoms with Crippen molar-refractivity contribution in [2.75, 3.05) is 20.3 Å². The van der Waals surface area contributed by atoms with Crippen molar-refractivity contribution in [3.63, 3.8) is 0 Å². The van der Waals surface area contributed by atoms with E-state index in [-0.39, 0.29) is 12.4 Å². The third kappa shape index (κ3) is 2.99. The summed E-state index contributed by atoms with van der Waals surface area (Å²) in [6.45, 7) is 1.32. The Labute approximate surface area is 67.1 Å². The summed E-state index contributed by atoms with van der Waals surface area (Å²) in [7, 11) is 1.56. The first-order valence-electron chi connectivity index (χ1n) is 4.07. The van der Waals surface area contributed by atoms with E-state index >= 15 is 0 Å². The molecular weight excluding hydrogens is 142 g/mol. The molecule has 0 aromatic carbocycles. The maximum absolute atomic E-state index is 11.0. The molecule has 1 heterocycles. The van der Waals surface area contributed by atoms with Crippen LogP contribution in [0.4, 0.5) is 0 Å². The summed E-state index contributed by atoms with van der Waals surface area (Å²) in [5, 5.41) is 3.27. The first-order valence-corrected chi connectivity index (χ1v) is 4.07. The Morgan fingerprint density at radius 3 is 3.09 bits per heavy atom. The molecule has 1 saturated heterocycles. The van der Waals surface area contributed by atoms with Crippen molar-refractivity contribution >= 4 is 5.78 Å². The second kappa shape index (κ2) is 4.46. The van der Waals surface area contributed by atoms with E-state index in [1.807, 2.05) is 0 Å². The van der Waals surface area contributed by atoms with Crippen LogP contribution in [0.1, 0.15) is 19.3 Å². The Morgan fingerprint density at radius 2 is 2.55 bits per heavy atom. The van der Waals surface area contributed by atoms with Crippen LogP contribution in [0, 0.1) is 0 Å². The second-order valence-electron chi connectivity index (χ2n) is 2.97. The highest BCUT2D eigenvalue weighted by Crippen LogP contribution is 2.08. The molecule has 64 valence electrons. The molecule has 3 heteroatoms. The van der Waals surface area contributed by atoms with Gasteiger partial charge in [0.1, 0.15) is 6.61 Å². The van der Waals surface area contributed by atoms with Crippen molar-refractivity contribution in [1.29, 1.82) is 0 Å². The van der Waals surface area contributed by atoms with Crippen LogP contribution in [0.5, 0.6) is 0 Å². The number of Topliss-reactive ketones (excluding diaryl/α,β-unsaturated/α-hetero) is 1. The molecule has 0 aliphatic carbocycles. The van der Waals surface area contributed by atoms with E-state index in [1.54, 1.807) is 7.11 Å². The highest BCUT2D eigenvalue weighted by atomic mass is 16.5. The summed E-state index contributed by atoms with van der Waals surface area (Å²) in [6, 6.07) is 0.414. The number of carbonyl (C=O) groups excluding carboxylic acids is 1. The fraction of sp³-hybridized carbons (Fsp3) is 0.875. The lowest BCUT2D eigenvalue weighted by Crippen LogP contribution is -2.25. The van der Waals surface area contributed by atoms with Gasteiger partial charge in [0.15, 0.2) is 5.78 Å². The number of carbonyl (C=O) groups is 1. The van der Waals surface area contributed by atoms with Crippen molar-refractivity contribution < 1.29 is 9.53 Å². The van der Waals surface area contributed by atoms with Gasteiger partial charge in [-0.3, -0.25) is 4.79 Å². The molecule has 0 spiro atoms. The topological polar surface area (TPSA) is 38.3 Å². The van der Waals surface area contributed by atoms with Crippen LogP contribution in [0.15, 0.2) is 0 Å². The molecule has 0 aromatic rings. The molecule has 3 nitrogen and oxygen atoms in total. The van der Waals surface area contributed by atoms with Crippen molar-refractivity contribution in [3.8, 4) is 0 Å². The monoisotopic (exact) mass is 157 g/mol. The van der Waals surface area contributed by atoms with Crippen LogP contribution in [0.2, 0.25) is 0 Å². The minimum atomic E-state index is 0.201. The number of ketones is 1. The fourth-order valence-corrected chi connectivity index (χ4v) is 1.43. The average Bonchev–Trinajstić information content (AvgIpc) is 2.40. The molecule has 1 aliphatic rings. The third-order valence-electron chi connectivity index (χ3n) is 1.94. The maximum Gasteiger partial charge on any atom is 0.160 e. The van der Waals surface area contributed by atoms with Crippen LogP contribution < -0.4 is 5.32 Å². The van der Waals surface area contributed by atoms with E-state index in [1.165, 1.54) is 6.42 Å². The van der Waals surface area contributed by atoms with Crippen LogP contribution in [0.3, 0.4) is 0 Å². The van der Waals surface area contributed by atoms with Gasteiger partial charge in [-0.25, -0.2) is 0 Å². The van der Waals surface area contributed by atoms with Crippen molar-refractivity contribution in [1.82, 2.24) is 5.32 Å². The quantitative estimate of drug-likeness (QED) is 0.639. The summed E-state index contributed by atoms with van der Waals surface area (Å²) in [4.78, 5) is 11.0. The van der Waals surface area contributed by atoms with Gasteiger partial charge in [-0.05, 0) is 19.4 Å². The normalized spacial score (nSPS) is 23.9. The molecule has 1 rings (SSSR count). The van der Waals surface area contributed by atoms with Gasteiger partial charge in [0.25, 0.3) is 0 Å². The molecule has 1 unspecified atom stereocenters. The fourth-order valence-electron chi connectivity index (χ4n) is 1.43. The molecule has 0 amide bonds. The van der Waals surface area contributed by atoms with Gasteiger partial charge < -0.3 is 10.1 Å². The molecule has 0 saturated carbocycles. The third-order valence-corrected chi connectivity index (χ3v) is 1.94. The van der Waals surface area contributed by atoms with Crippen LogP contribution in [-0.2, 0) is 9.53 Å². The zero-order valence-corrected chi connectivity index (χ0v) is 6.93. The smallest absolute Gasteiger partial charge is 0.160 e. The average molecular weight is 157 g/mol. The molecular formula is C8H15NO2. The van der Waals surface area contributed by atoms with Crippen LogP contribution >= 0.6 is 0 Å².